The van der Waals surface area contributed by atoms with Crippen LogP contribution in [0.25, 0.3) is 11.4 Å². The maximum Gasteiger partial charge on any atom is 0.252 e. The Kier molecular flexibility index (Phi) is 3.98. The summed E-state index contributed by atoms with van der Waals surface area (Å²) in [6, 6.07) is 1.67. The molecule has 1 aliphatic heterocycles. The standard InChI is InChI=1S/C15H19N3O3S2/c19-23(20,18-7-2-1-3-8-18)13-9-12(10-22-13)14-16-15(21-17-14)11-5-4-6-11/h9-11H,1-8H2. The minimum Gasteiger partial charge on any atom is -0.339 e. The summed E-state index contributed by atoms with van der Waals surface area (Å²) in [6.45, 7) is 1.23. The molecule has 2 aromatic heterocycles. The molecule has 0 radical (unpaired) electrons. The molecule has 3 heterocycles. The molecule has 0 bridgehead atoms. The Morgan fingerprint density at radius 2 is 1.96 bits per heavy atom. The molecule has 0 aromatic carbocycles. The first-order valence-electron chi connectivity index (χ1n) is 8.07. The van der Waals surface area contributed by atoms with Gasteiger partial charge in [-0.2, -0.15) is 9.29 Å². The molecule has 2 aliphatic rings. The lowest BCUT2D eigenvalue weighted by Gasteiger charge is -2.25. The molecule has 0 atom stereocenters. The summed E-state index contributed by atoms with van der Waals surface area (Å²) < 4.78 is 32.6. The monoisotopic (exact) mass is 353 g/mol. The summed E-state index contributed by atoms with van der Waals surface area (Å²) in [4.78, 5) is 4.43. The molecule has 8 heteroatoms. The van der Waals surface area contributed by atoms with Crippen molar-refractivity contribution in [1.29, 1.82) is 0 Å². The van der Waals surface area contributed by atoms with Gasteiger partial charge in [-0.3, -0.25) is 0 Å². The highest BCUT2D eigenvalue weighted by Gasteiger charge is 2.29. The summed E-state index contributed by atoms with van der Waals surface area (Å²) in [5, 5.41) is 5.81. The van der Waals surface area contributed by atoms with E-state index in [1.54, 1.807) is 15.8 Å². The van der Waals surface area contributed by atoms with Crippen LogP contribution < -0.4 is 0 Å². The Bertz CT molecular complexity index is 787. The van der Waals surface area contributed by atoms with Crippen LogP contribution in [0.1, 0.15) is 50.3 Å². The van der Waals surface area contributed by atoms with Gasteiger partial charge in [0.05, 0.1) is 0 Å². The van der Waals surface area contributed by atoms with E-state index in [9.17, 15) is 8.42 Å². The van der Waals surface area contributed by atoms with Gasteiger partial charge in [0, 0.05) is 30.0 Å². The second kappa shape index (κ2) is 5.99. The lowest BCUT2D eigenvalue weighted by atomic mass is 9.85. The second-order valence-electron chi connectivity index (χ2n) is 6.20. The van der Waals surface area contributed by atoms with Crippen LogP contribution in [-0.2, 0) is 10.0 Å². The first-order chi connectivity index (χ1) is 11.1. The van der Waals surface area contributed by atoms with Gasteiger partial charge in [-0.15, -0.1) is 11.3 Å². The van der Waals surface area contributed by atoms with Crippen molar-refractivity contribution < 1.29 is 12.9 Å². The predicted octanol–water partition coefficient (Wildman–Crippen LogP) is 3.24. The Hall–Kier alpha value is -1.25. The number of hydrogen-bond acceptors (Lipinski definition) is 6. The van der Waals surface area contributed by atoms with E-state index in [0.717, 1.165) is 37.7 Å². The van der Waals surface area contributed by atoms with Crippen LogP contribution in [0.2, 0.25) is 0 Å². The first-order valence-corrected chi connectivity index (χ1v) is 10.4. The third-order valence-corrected chi connectivity index (χ3v) is 7.95. The molecule has 2 aromatic rings. The highest BCUT2D eigenvalue weighted by Crippen LogP contribution is 2.37. The fraction of sp³-hybridized carbons (Fsp3) is 0.600. The lowest BCUT2D eigenvalue weighted by molar-refractivity contribution is 0.292. The van der Waals surface area contributed by atoms with Crippen molar-refractivity contribution in [2.24, 2.45) is 0 Å². The van der Waals surface area contributed by atoms with Crippen molar-refractivity contribution in [1.82, 2.24) is 14.4 Å². The van der Waals surface area contributed by atoms with Gasteiger partial charge in [0.15, 0.2) is 0 Å². The van der Waals surface area contributed by atoms with Gasteiger partial charge < -0.3 is 4.52 Å². The molecule has 1 saturated carbocycles. The van der Waals surface area contributed by atoms with Gasteiger partial charge in [0.1, 0.15) is 4.21 Å². The second-order valence-corrected chi connectivity index (χ2v) is 9.28. The highest BCUT2D eigenvalue weighted by molar-refractivity contribution is 7.91. The van der Waals surface area contributed by atoms with Crippen molar-refractivity contribution in [3.63, 3.8) is 0 Å². The van der Waals surface area contributed by atoms with Gasteiger partial charge in [0.2, 0.25) is 11.7 Å². The van der Waals surface area contributed by atoms with Crippen LogP contribution >= 0.6 is 11.3 Å². The molecule has 23 heavy (non-hydrogen) atoms. The average Bonchev–Trinajstić information content (AvgIpc) is 3.15. The van der Waals surface area contributed by atoms with E-state index in [0.29, 0.717) is 34.9 Å². The summed E-state index contributed by atoms with van der Waals surface area (Å²) in [5.74, 6) is 1.55. The largest absolute Gasteiger partial charge is 0.339 e. The Morgan fingerprint density at radius 1 is 1.17 bits per heavy atom. The van der Waals surface area contributed by atoms with Crippen LogP contribution in [0, 0.1) is 0 Å². The fourth-order valence-corrected chi connectivity index (χ4v) is 5.80. The molecule has 6 nitrogen and oxygen atoms in total. The average molecular weight is 353 g/mol. The van der Waals surface area contributed by atoms with Crippen molar-refractivity contribution in [2.75, 3.05) is 13.1 Å². The quantitative estimate of drug-likeness (QED) is 0.843. The summed E-state index contributed by atoms with van der Waals surface area (Å²) in [7, 11) is -3.39. The molecular weight excluding hydrogens is 334 g/mol. The van der Waals surface area contributed by atoms with Gasteiger partial charge >= 0.3 is 0 Å². The minimum atomic E-state index is -3.39. The Labute approximate surface area is 139 Å². The maximum absolute atomic E-state index is 12.7. The number of rotatable bonds is 4. The van der Waals surface area contributed by atoms with E-state index in [2.05, 4.69) is 10.1 Å². The van der Waals surface area contributed by atoms with Gasteiger partial charge in [-0.25, -0.2) is 8.42 Å². The molecule has 0 amide bonds. The highest BCUT2D eigenvalue weighted by atomic mass is 32.2. The molecule has 2 fully saturated rings. The number of nitrogens with zero attached hydrogens (tertiary/aromatic N) is 3. The third kappa shape index (κ3) is 2.83. The molecule has 0 N–H and O–H groups in total. The van der Waals surface area contributed by atoms with Crippen molar-refractivity contribution in [3.05, 3.63) is 17.3 Å². The van der Waals surface area contributed by atoms with E-state index >= 15 is 0 Å². The van der Waals surface area contributed by atoms with Crippen molar-refractivity contribution >= 4 is 21.4 Å². The third-order valence-electron chi connectivity index (χ3n) is 4.64. The number of sulfonamides is 1. The van der Waals surface area contributed by atoms with Gasteiger partial charge in [-0.05, 0) is 31.7 Å². The maximum atomic E-state index is 12.7. The minimum absolute atomic E-state index is 0.365. The smallest absolute Gasteiger partial charge is 0.252 e. The summed E-state index contributed by atoms with van der Waals surface area (Å²) >= 11 is 1.23. The van der Waals surface area contributed by atoms with Crippen LogP contribution in [0.5, 0.6) is 0 Å². The SMILES string of the molecule is O=S(=O)(c1cc(-c2noc(C3CCC3)n2)cs1)N1CCCCC1. The van der Waals surface area contributed by atoms with Crippen molar-refractivity contribution in [3.8, 4) is 11.4 Å². The van der Waals surface area contributed by atoms with Crippen LogP contribution in [0.15, 0.2) is 20.2 Å². The van der Waals surface area contributed by atoms with Crippen LogP contribution in [-0.4, -0.2) is 36.0 Å². The number of aromatic nitrogens is 2. The van der Waals surface area contributed by atoms with Gasteiger partial charge in [0.25, 0.3) is 10.0 Å². The van der Waals surface area contributed by atoms with E-state index < -0.39 is 10.0 Å². The summed E-state index contributed by atoms with van der Waals surface area (Å²) in [5.41, 5.74) is 0.722. The van der Waals surface area contributed by atoms with Gasteiger partial charge in [-0.1, -0.05) is 18.0 Å². The number of piperidine rings is 1. The Balaban J connectivity index is 1.57. The Morgan fingerprint density at radius 3 is 2.65 bits per heavy atom. The molecular formula is C15H19N3O3S2. The summed E-state index contributed by atoms with van der Waals surface area (Å²) in [6.07, 6.45) is 6.38. The molecule has 0 spiro atoms. The zero-order valence-corrected chi connectivity index (χ0v) is 14.4. The first kappa shape index (κ1) is 15.3. The molecule has 124 valence electrons. The van der Waals surface area contributed by atoms with E-state index in [1.165, 1.54) is 17.8 Å². The molecule has 1 saturated heterocycles. The zero-order valence-electron chi connectivity index (χ0n) is 12.8. The zero-order chi connectivity index (χ0) is 15.9. The van der Waals surface area contributed by atoms with Crippen molar-refractivity contribution in [2.45, 2.75) is 48.7 Å². The molecule has 4 rings (SSSR count). The predicted molar refractivity (Wildman–Crippen MR) is 86.8 cm³/mol. The molecule has 1 aliphatic carbocycles. The number of thiophene rings is 1. The van der Waals surface area contributed by atoms with Crippen LogP contribution in [0.4, 0.5) is 0 Å². The van der Waals surface area contributed by atoms with E-state index in [1.807, 2.05) is 0 Å². The number of hydrogen-bond donors (Lipinski definition) is 0. The fourth-order valence-electron chi connectivity index (χ4n) is 2.98. The van der Waals surface area contributed by atoms with E-state index in [-0.39, 0.29) is 0 Å². The lowest BCUT2D eigenvalue weighted by Crippen LogP contribution is -2.35. The van der Waals surface area contributed by atoms with Crippen LogP contribution in [0.3, 0.4) is 0 Å². The topological polar surface area (TPSA) is 76.3 Å². The molecule has 0 unspecified atom stereocenters. The normalized spacial score (nSPS) is 20.5. The van der Waals surface area contributed by atoms with E-state index in [4.69, 9.17) is 4.52 Å².